The van der Waals surface area contributed by atoms with Crippen molar-refractivity contribution in [3.8, 4) is 11.3 Å². The van der Waals surface area contributed by atoms with E-state index in [2.05, 4.69) is 25.4 Å². The van der Waals surface area contributed by atoms with Crippen LogP contribution in [0.3, 0.4) is 0 Å². The van der Waals surface area contributed by atoms with Crippen LogP contribution in [-0.2, 0) is 0 Å². The molecule has 0 aliphatic carbocycles. The summed E-state index contributed by atoms with van der Waals surface area (Å²) in [5.41, 5.74) is 3.30. The fourth-order valence-electron chi connectivity index (χ4n) is 3.25. The lowest BCUT2D eigenvalue weighted by Gasteiger charge is -2.15. The van der Waals surface area contributed by atoms with Gasteiger partial charge in [0.05, 0.1) is 16.4 Å². The van der Waals surface area contributed by atoms with Crippen LogP contribution in [0.15, 0.2) is 36.4 Å². The minimum atomic E-state index is -0.124. The molecular formula is C20H21N5OS. The molecule has 3 heterocycles. The molecule has 0 radical (unpaired) electrons. The number of hydrogen-bond acceptors (Lipinski definition) is 6. The lowest BCUT2D eigenvalue weighted by molar-refractivity contribution is 0.103. The van der Waals surface area contributed by atoms with Crippen molar-refractivity contribution < 1.29 is 4.79 Å². The molecule has 0 bridgehead atoms. The van der Waals surface area contributed by atoms with Crippen LogP contribution in [0.5, 0.6) is 0 Å². The van der Waals surface area contributed by atoms with Crippen LogP contribution < -0.4 is 10.2 Å². The second-order valence-corrected chi connectivity index (χ2v) is 7.85. The average Bonchev–Trinajstić information content (AvgIpc) is 3.32. The fraction of sp³-hybridized carbons (Fsp3) is 0.300. The Morgan fingerprint density at radius 2 is 1.78 bits per heavy atom. The maximum Gasteiger partial charge on any atom is 0.267 e. The van der Waals surface area contributed by atoms with E-state index in [1.54, 1.807) is 0 Å². The van der Waals surface area contributed by atoms with Crippen molar-refractivity contribution in [1.29, 1.82) is 0 Å². The molecule has 1 N–H and O–H groups in total. The summed E-state index contributed by atoms with van der Waals surface area (Å²) in [5, 5.41) is 12.5. The molecule has 3 aromatic rings. The molecule has 1 fully saturated rings. The Bertz CT molecular complexity index is 944. The van der Waals surface area contributed by atoms with Crippen molar-refractivity contribution in [2.75, 3.05) is 23.3 Å². The number of carbonyl (C=O) groups excluding carboxylic acids is 1. The van der Waals surface area contributed by atoms with Crippen LogP contribution in [-0.4, -0.2) is 34.2 Å². The molecule has 1 aliphatic heterocycles. The zero-order chi connectivity index (χ0) is 18.8. The minimum absolute atomic E-state index is 0.124. The molecule has 27 heavy (non-hydrogen) atoms. The van der Waals surface area contributed by atoms with E-state index in [0.29, 0.717) is 4.88 Å². The van der Waals surface area contributed by atoms with E-state index in [1.165, 1.54) is 24.2 Å². The van der Waals surface area contributed by atoms with Crippen LogP contribution in [0.1, 0.15) is 33.2 Å². The Balaban J connectivity index is 1.45. The van der Waals surface area contributed by atoms with Gasteiger partial charge in [0.25, 0.3) is 5.91 Å². The van der Waals surface area contributed by atoms with Gasteiger partial charge in [-0.2, -0.15) is 0 Å². The number of aryl methyl sites for hydroxylation is 2. The number of nitrogens with zero attached hydrogens (tertiary/aromatic N) is 4. The highest BCUT2D eigenvalue weighted by Crippen LogP contribution is 2.23. The third-order valence-electron chi connectivity index (χ3n) is 4.63. The molecule has 1 aliphatic rings. The first-order valence-electron chi connectivity index (χ1n) is 9.04. The molecule has 1 amide bonds. The first-order chi connectivity index (χ1) is 13.1. The number of rotatable bonds is 4. The summed E-state index contributed by atoms with van der Waals surface area (Å²) in [5.74, 6) is 0.816. The van der Waals surface area contributed by atoms with Gasteiger partial charge in [-0.3, -0.25) is 4.79 Å². The molecular weight excluding hydrogens is 358 g/mol. The van der Waals surface area contributed by atoms with Gasteiger partial charge in [0.2, 0.25) is 0 Å². The van der Waals surface area contributed by atoms with E-state index in [1.807, 2.05) is 50.2 Å². The lowest BCUT2D eigenvalue weighted by Crippen LogP contribution is -2.19. The maximum absolute atomic E-state index is 12.4. The summed E-state index contributed by atoms with van der Waals surface area (Å²) in [6, 6.07) is 11.7. The Labute approximate surface area is 162 Å². The highest BCUT2D eigenvalue weighted by molar-refractivity contribution is 7.13. The highest BCUT2D eigenvalue weighted by Gasteiger charge is 2.15. The Hall–Kier alpha value is -2.80. The standard InChI is InChI=1S/C20H21N5OS/c1-13-19(27-14(2)21-13)20(26)22-16-7-5-15(6-8-16)17-9-10-18(24-23-17)25-11-3-4-12-25/h5-10H,3-4,11-12H2,1-2H3,(H,22,26). The van der Waals surface area contributed by atoms with Gasteiger partial charge in [-0.05, 0) is 51.0 Å². The van der Waals surface area contributed by atoms with E-state index < -0.39 is 0 Å². The lowest BCUT2D eigenvalue weighted by atomic mass is 10.1. The molecule has 0 saturated carbocycles. The largest absolute Gasteiger partial charge is 0.355 e. The van der Waals surface area contributed by atoms with Gasteiger partial charge in [-0.15, -0.1) is 21.5 Å². The van der Waals surface area contributed by atoms with Gasteiger partial charge in [0.15, 0.2) is 5.82 Å². The van der Waals surface area contributed by atoms with E-state index in [4.69, 9.17) is 0 Å². The third kappa shape index (κ3) is 3.83. The predicted molar refractivity (Wildman–Crippen MR) is 108 cm³/mol. The summed E-state index contributed by atoms with van der Waals surface area (Å²) in [4.78, 5) is 19.6. The molecule has 2 aromatic heterocycles. The molecule has 0 spiro atoms. The van der Waals surface area contributed by atoms with Crippen LogP contribution in [0.25, 0.3) is 11.3 Å². The first-order valence-corrected chi connectivity index (χ1v) is 9.86. The minimum Gasteiger partial charge on any atom is -0.355 e. The number of carbonyl (C=O) groups is 1. The van der Waals surface area contributed by atoms with Crippen LogP contribution >= 0.6 is 11.3 Å². The number of amides is 1. The molecule has 1 saturated heterocycles. The molecule has 6 nitrogen and oxygen atoms in total. The van der Waals surface area contributed by atoms with Crippen LogP contribution in [0, 0.1) is 13.8 Å². The van der Waals surface area contributed by atoms with Crippen molar-refractivity contribution >= 4 is 28.7 Å². The van der Waals surface area contributed by atoms with E-state index in [-0.39, 0.29) is 5.91 Å². The Morgan fingerprint density at radius 3 is 2.37 bits per heavy atom. The highest BCUT2D eigenvalue weighted by atomic mass is 32.1. The molecule has 0 atom stereocenters. The summed E-state index contributed by atoms with van der Waals surface area (Å²) >= 11 is 1.41. The van der Waals surface area contributed by atoms with Gasteiger partial charge in [-0.25, -0.2) is 4.98 Å². The van der Waals surface area contributed by atoms with E-state index in [9.17, 15) is 4.79 Å². The van der Waals surface area contributed by atoms with E-state index in [0.717, 1.165) is 46.6 Å². The topological polar surface area (TPSA) is 71.0 Å². The summed E-state index contributed by atoms with van der Waals surface area (Å²) in [6.07, 6.45) is 2.44. The van der Waals surface area contributed by atoms with Crippen molar-refractivity contribution in [1.82, 2.24) is 15.2 Å². The normalized spacial score (nSPS) is 13.8. The van der Waals surface area contributed by atoms with Crippen molar-refractivity contribution in [3.63, 3.8) is 0 Å². The van der Waals surface area contributed by atoms with Crippen molar-refractivity contribution in [2.24, 2.45) is 0 Å². The van der Waals surface area contributed by atoms with Crippen LogP contribution in [0.4, 0.5) is 11.5 Å². The second kappa shape index (κ2) is 7.44. The zero-order valence-corrected chi connectivity index (χ0v) is 16.2. The quantitative estimate of drug-likeness (QED) is 0.740. The Morgan fingerprint density at radius 1 is 1.04 bits per heavy atom. The van der Waals surface area contributed by atoms with Crippen molar-refractivity contribution in [3.05, 3.63) is 52.0 Å². The average molecular weight is 379 g/mol. The van der Waals surface area contributed by atoms with Gasteiger partial charge in [0, 0.05) is 24.3 Å². The van der Waals surface area contributed by atoms with Crippen molar-refractivity contribution in [2.45, 2.75) is 26.7 Å². The number of thiazole rings is 1. The second-order valence-electron chi connectivity index (χ2n) is 6.65. The molecule has 7 heteroatoms. The maximum atomic E-state index is 12.4. The number of anilines is 2. The molecule has 138 valence electrons. The van der Waals surface area contributed by atoms with Gasteiger partial charge in [-0.1, -0.05) is 12.1 Å². The third-order valence-corrected chi connectivity index (χ3v) is 5.70. The monoisotopic (exact) mass is 379 g/mol. The van der Waals surface area contributed by atoms with Gasteiger partial charge in [0.1, 0.15) is 4.88 Å². The Kier molecular flexibility index (Phi) is 4.85. The summed E-state index contributed by atoms with van der Waals surface area (Å²) < 4.78 is 0. The molecule has 1 aromatic carbocycles. The molecule has 4 rings (SSSR count). The predicted octanol–water partition coefficient (Wildman–Crippen LogP) is 4.07. The number of hydrogen-bond donors (Lipinski definition) is 1. The smallest absolute Gasteiger partial charge is 0.267 e. The number of aromatic nitrogens is 3. The van der Waals surface area contributed by atoms with E-state index >= 15 is 0 Å². The number of benzene rings is 1. The first kappa shape index (κ1) is 17.6. The number of nitrogens with one attached hydrogen (secondary N) is 1. The van der Waals surface area contributed by atoms with Gasteiger partial charge < -0.3 is 10.2 Å². The summed E-state index contributed by atoms with van der Waals surface area (Å²) in [7, 11) is 0. The SMILES string of the molecule is Cc1nc(C)c(C(=O)Nc2ccc(-c3ccc(N4CCCC4)nn3)cc2)s1. The van der Waals surface area contributed by atoms with Gasteiger partial charge >= 0.3 is 0 Å². The summed E-state index contributed by atoms with van der Waals surface area (Å²) in [6.45, 7) is 5.87. The van der Waals surface area contributed by atoms with Crippen LogP contribution in [0.2, 0.25) is 0 Å². The fourth-order valence-corrected chi connectivity index (χ4v) is 4.06. The zero-order valence-electron chi connectivity index (χ0n) is 15.4. The molecule has 0 unspecified atom stereocenters.